The molecule has 1 aromatic heterocycles. The molecule has 0 unspecified atom stereocenters. The average Bonchev–Trinajstić information content (AvgIpc) is 2.31. The second-order valence-electron chi connectivity index (χ2n) is 4.03. The average molecular weight is 224 g/mol. The van der Waals surface area contributed by atoms with Gasteiger partial charge in [0.15, 0.2) is 0 Å². The van der Waals surface area contributed by atoms with Crippen LogP contribution >= 0.6 is 0 Å². The molecule has 2 rings (SSSR count). The number of nitriles is 1. The Hall–Kier alpha value is -2.34. The Kier molecular flexibility index (Phi) is 2.80. The summed E-state index contributed by atoms with van der Waals surface area (Å²) in [7, 11) is 0. The molecule has 0 fully saturated rings. The van der Waals surface area contributed by atoms with Crippen molar-refractivity contribution in [2.75, 3.05) is 0 Å². The smallest absolute Gasteiger partial charge is 0.266 e. The van der Waals surface area contributed by atoms with E-state index in [2.05, 4.69) is 4.98 Å². The molecule has 0 saturated carbocycles. The fourth-order valence-electron chi connectivity index (χ4n) is 1.91. The molecular formula is C14H12N2O. The third-order valence-corrected chi connectivity index (χ3v) is 2.71. The molecule has 0 aliphatic carbocycles. The number of nitrogens with zero attached hydrogens (tertiary/aromatic N) is 1. The van der Waals surface area contributed by atoms with E-state index in [1.165, 1.54) is 0 Å². The van der Waals surface area contributed by atoms with E-state index in [1.807, 2.05) is 44.2 Å². The number of aromatic amines is 1. The molecule has 1 heterocycles. The van der Waals surface area contributed by atoms with Gasteiger partial charge >= 0.3 is 0 Å². The van der Waals surface area contributed by atoms with Crippen molar-refractivity contribution < 1.29 is 0 Å². The molecule has 1 aromatic carbocycles. The van der Waals surface area contributed by atoms with Crippen LogP contribution in [0.15, 0.2) is 35.3 Å². The second kappa shape index (κ2) is 4.26. The monoisotopic (exact) mass is 224 g/mol. The number of rotatable bonds is 1. The van der Waals surface area contributed by atoms with Gasteiger partial charge in [-0.3, -0.25) is 4.79 Å². The SMILES string of the molecule is Cc1cccc(-c2c(C)c[nH]c(=O)c2C#N)c1. The molecule has 0 aliphatic heterocycles. The Morgan fingerprint density at radius 2 is 2.06 bits per heavy atom. The number of aryl methyl sites for hydroxylation is 2. The van der Waals surface area contributed by atoms with Gasteiger partial charge in [-0.25, -0.2) is 0 Å². The molecule has 0 aliphatic rings. The molecule has 17 heavy (non-hydrogen) atoms. The lowest BCUT2D eigenvalue weighted by molar-refractivity contribution is 1.18. The molecular weight excluding hydrogens is 212 g/mol. The fourth-order valence-corrected chi connectivity index (χ4v) is 1.91. The van der Waals surface area contributed by atoms with Crippen molar-refractivity contribution in [2.45, 2.75) is 13.8 Å². The predicted octanol–water partition coefficient (Wildman–Crippen LogP) is 2.53. The van der Waals surface area contributed by atoms with Crippen LogP contribution in [0, 0.1) is 25.2 Å². The van der Waals surface area contributed by atoms with E-state index in [0.29, 0.717) is 0 Å². The topological polar surface area (TPSA) is 56.6 Å². The van der Waals surface area contributed by atoms with Crippen LogP contribution < -0.4 is 5.56 Å². The summed E-state index contributed by atoms with van der Waals surface area (Å²) in [5.41, 5.74) is 3.47. The summed E-state index contributed by atoms with van der Waals surface area (Å²) in [6.45, 7) is 3.87. The van der Waals surface area contributed by atoms with Crippen LogP contribution in [0.25, 0.3) is 11.1 Å². The molecule has 0 bridgehead atoms. The summed E-state index contributed by atoms with van der Waals surface area (Å²) in [5, 5.41) is 9.08. The van der Waals surface area contributed by atoms with Crippen LogP contribution in [0.3, 0.4) is 0 Å². The van der Waals surface area contributed by atoms with Crippen LogP contribution in [0.4, 0.5) is 0 Å². The maximum Gasteiger partial charge on any atom is 0.266 e. The van der Waals surface area contributed by atoms with Crippen molar-refractivity contribution in [3.63, 3.8) is 0 Å². The van der Waals surface area contributed by atoms with Gasteiger partial charge in [0.1, 0.15) is 11.6 Å². The van der Waals surface area contributed by atoms with Gasteiger partial charge in [-0.2, -0.15) is 5.26 Å². The first-order valence-corrected chi connectivity index (χ1v) is 5.33. The van der Waals surface area contributed by atoms with Gasteiger partial charge in [-0.1, -0.05) is 29.8 Å². The highest BCUT2D eigenvalue weighted by Crippen LogP contribution is 2.25. The zero-order chi connectivity index (χ0) is 12.4. The van der Waals surface area contributed by atoms with E-state index < -0.39 is 0 Å². The molecule has 0 amide bonds. The van der Waals surface area contributed by atoms with Crippen molar-refractivity contribution in [1.82, 2.24) is 4.98 Å². The maximum absolute atomic E-state index is 11.6. The summed E-state index contributed by atoms with van der Waals surface area (Å²) in [6.07, 6.45) is 1.64. The highest BCUT2D eigenvalue weighted by molar-refractivity contribution is 5.73. The molecule has 0 radical (unpaired) electrons. The van der Waals surface area contributed by atoms with Crippen molar-refractivity contribution in [3.8, 4) is 17.2 Å². The first-order chi connectivity index (χ1) is 8.13. The molecule has 0 saturated heterocycles. The van der Waals surface area contributed by atoms with E-state index >= 15 is 0 Å². The number of hydrogen-bond donors (Lipinski definition) is 1. The normalized spacial score (nSPS) is 9.94. The largest absolute Gasteiger partial charge is 0.328 e. The number of nitrogens with one attached hydrogen (secondary N) is 1. The van der Waals surface area contributed by atoms with E-state index in [1.54, 1.807) is 6.20 Å². The van der Waals surface area contributed by atoms with Crippen molar-refractivity contribution >= 4 is 0 Å². The van der Waals surface area contributed by atoms with E-state index in [0.717, 1.165) is 22.3 Å². The fraction of sp³-hybridized carbons (Fsp3) is 0.143. The summed E-state index contributed by atoms with van der Waals surface area (Å²) in [4.78, 5) is 14.2. The Balaban J connectivity index is 2.80. The van der Waals surface area contributed by atoms with Gasteiger partial charge in [0.2, 0.25) is 0 Å². The highest BCUT2D eigenvalue weighted by Gasteiger charge is 2.11. The first-order valence-electron chi connectivity index (χ1n) is 5.33. The summed E-state index contributed by atoms with van der Waals surface area (Å²) < 4.78 is 0. The standard InChI is InChI=1S/C14H12N2O/c1-9-4-3-5-11(6-9)13-10(2)8-16-14(17)12(13)7-15/h3-6,8H,1-2H3,(H,16,17). The van der Waals surface area contributed by atoms with Crippen LogP contribution in [-0.2, 0) is 0 Å². The molecule has 2 aromatic rings. The maximum atomic E-state index is 11.6. The number of H-pyrrole nitrogens is 1. The zero-order valence-electron chi connectivity index (χ0n) is 9.74. The van der Waals surface area contributed by atoms with E-state index in [4.69, 9.17) is 5.26 Å². The van der Waals surface area contributed by atoms with Crippen LogP contribution in [0.1, 0.15) is 16.7 Å². The Morgan fingerprint density at radius 1 is 1.29 bits per heavy atom. The van der Waals surface area contributed by atoms with Gasteiger partial charge in [-0.15, -0.1) is 0 Å². The third kappa shape index (κ3) is 1.98. The van der Waals surface area contributed by atoms with Gasteiger partial charge in [0, 0.05) is 11.8 Å². The predicted molar refractivity (Wildman–Crippen MR) is 66.7 cm³/mol. The van der Waals surface area contributed by atoms with Gasteiger partial charge in [-0.05, 0) is 25.0 Å². The van der Waals surface area contributed by atoms with Crippen molar-refractivity contribution in [2.24, 2.45) is 0 Å². The summed E-state index contributed by atoms with van der Waals surface area (Å²) in [6, 6.07) is 9.77. The second-order valence-corrected chi connectivity index (χ2v) is 4.03. The lowest BCUT2D eigenvalue weighted by Crippen LogP contribution is -2.12. The van der Waals surface area contributed by atoms with Crippen LogP contribution in [0.2, 0.25) is 0 Å². The quantitative estimate of drug-likeness (QED) is 0.809. The van der Waals surface area contributed by atoms with Gasteiger partial charge in [0.25, 0.3) is 5.56 Å². The lowest BCUT2D eigenvalue weighted by atomic mass is 9.97. The number of benzene rings is 1. The molecule has 3 heteroatoms. The third-order valence-electron chi connectivity index (χ3n) is 2.71. The van der Waals surface area contributed by atoms with Gasteiger partial charge in [0.05, 0.1) is 0 Å². The minimum Gasteiger partial charge on any atom is -0.328 e. The van der Waals surface area contributed by atoms with Crippen molar-refractivity contribution in [3.05, 3.63) is 57.5 Å². The van der Waals surface area contributed by atoms with Crippen LogP contribution in [-0.4, -0.2) is 4.98 Å². The molecule has 84 valence electrons. The van der Waals surface area contributed by atoms with Gasteiger partial charge < -0.3 is 4.98 Å². The minimum absolute atomic E-state index is 0.176. The Labute approximate surface area is 99.4 Å². The van der Waals surface area contributed by atoms with Crippen LogP contribution in [0.5, 0.6) is 0 Å². The molecule has 0 spiro atoms. The molecule has 3 nitrogen and oxygen atoms in total. The molecule has 1 N–H and O–H groups in total. The number of pyridine rings is 1. The molecule has 0 atom stereocenters. The first kappa shape index (κ1) is 11.2. The lowest BCUT2D eigenvalue weighted by Gasteiger charge is -2.08. The van der Waals surface area contributed by atoms with Crippen molar-refractivity contribution in [1.29, 1.82) is 5.26 Å². The Morgan fingerprint density at radius 3 is 2.71 bits per heavy atom. The number of hydrogen-bond acceptors (Lipinski definition) is 2. The highest BCUT2D eigenvalue weighted by atomic mass is 16.1. The summed E-state index contributed by atoms with van der Waals surface area (Å²) in [5.74, 6) is 0. The van der Waals surface area contributed by atoms with E-state index in [-0.39, 0.29) is 11.1 Å². The Bertz CT molecular complexity index is 663. The minimum atomic E-state index is -0.338. The van der Waals surface area contributed by atoms with E-state index in [9.17, 15) is 4.79 Å². The summed E-state index contributed by atoms with van der Waals surface area (Å²) >= 11 is 0. The number of aromatic nitrogens is 1. The zero-order valence-corrected chi connectivity index (χ0v) is 9.74.